The van der Waals surface area contributed by atoms with Crippen molar-refractivity contribution in [2.24, 2.45) is 4.99 Å². The molecular weight excluding hydrogens is 368 g/mol. The summed E-state index contributed by atoms with van der Waals surface area (Å²) in [7, 11) is 2.01. The van der Waals surface area contributed by atoms with E-state index in [0.717, 1.165) is 16.9 Å². The lowest BCUT2D eigenvalue weighted by molar-refractivity contribution is -0.384. The molecule has 0 spiro atoms. The lowest BCUT2D eigenvalue weighted by Gasteiger charge is -2.40. The van der Waals surface area contributed by atoms with E-state index < -0.39 is 4.92 Å². The van der Waals surface area contributed by atoms with E-state index in [-0.39, 0.29) is 23.8 Å². The highest BCUT2D eigenvalue weighted by molar-refractivity contribution is 6.31. The van der Waals surface area contributed by atoms with Gasteiger partial charge in [-0.25, -0.2) is 4.99 Å². The summed E-state index contributed by atoms with van der Waals surface area (Å²) in [5.41, 5.74) is 2.95. The van der Waals surface area contributed by atoms with E-state index in [2.05, 4.69) is 10.2 Å². The summed E-state index contributed by atoms with van der Waals surface area (Å²) in [5, 5.41) is 15.1. The Labute approximate surface area is 161 Å². The maximum absolute atomic E-state index is 11.0. The summed E-state index contributed by atoms with van der Waals surface area (Å²) in [6, 6.07) is 12.3. The molecule has 8 heteroatoms. The molecule has 1 N–H and O–H groups in total. The number of aliphatic imine (C=N–C) groups is 1. The van der Waals surface area contributed by atoms with Crippen molar-refractivity contribution in [3.8, 4) is 0 Å². The second-order valence-corrected chi connectivity index (χ2v) is 7.02. The summed E-state index contributed by atoms with van der Waals surface area (Å²) in [6.07, 6.45) is -0.176. The Balaban J connectivity index is 1.75. The fourth-order valence-corrected chi connectivity index (χ4v) is 4.00. The fraction of sp³-hybridized carbons (Fsp3) is 0.316. The second-order valence-electron chi connectivity index (χ2n) is 6.58. The molecule has 2 aromatic rings. The number of nitro groups is 1. The van der Waals surface area contributed by atoms with Crippen molar-refractivity contribution in [1.82, 2.24) is 0 Å². The molecule has 2 heterocycles. The van der Waals surface area contributed by atoms with Crippen molar-refractivity contribution in [2.75, 3.05) is 23.9 Å². The molecular formula is C19H19ClN4O3. The maximum atomic E-state index is 11.0. The standard InChI is InChI=1S/C19H19ClN4O3/c1-3-27-19-16(11-4-7-13(8-5-11)24(25)26)17-18(22-19)21-14-9-6-12(20)10-15(14)23(17)2/h4-10,16-18,21H,3H2,1-2H3/t16-,17+,18-/m0/s1. The Morgan fingerprint density at radius 1 is 1.30 bits per heavy atom. The van der Waals surface area contributed by atoms with Gasteiger partial charge in [-0.1, -0.05) is 23.7 Å². The van der Waals surface area contributed by atoms with Gasteiger partial charge >= 0.3 is 0 Å². The SMILES string of the molecule is CCOC1=N[C@@H]2Nc3ccc(Cl)cc3N(C)[C@@H]2[C@@H]1c1ccc([N+](=O)[O-])cc1. The van der Waals surface area contributed by atoms with Gasteiger partial charge in [0, 0.05) is 24.2 Å². The van der Waals surface area contributed by atoms with Gasteiger partial charge in [0.05, 0.1) is 34.9 Å². The van der Waals surface area contributed by atoms with Crippen LogP contribution in [0.15, 0.2) is 47.5 Å². The highest BCUT2D eigenvalue weighted by atomic mass is 35.5. The first-order chi connectivity index (χ1) is 13.0. The summed E-state index contributed by atoms with van der Waals surface area (Å²) >= 11 is 6.19. The predicted octanol–water partition coefficient (Wildman–Crippen LogP) is 4.04. The van der Waals surface area contributed by atoms with Gasteiger partial charge in [-0.2, -0.15) is 0 Å². The van der Waals surface area contributed by atoms with Crippen LogP contribution in [0, 0.1) is 10.1 Å². The molecule has 2 aromatic carbocycles. The van der Waals surface area contributed by atoms with Crippen LogP contribution in [-0.4, -0.2) is 36.7 Å². The van der Waals surface area contributed by atoms with E-state index in [0.29, 0.717) is 17.5 Å². The molecule has 0 radical (unpaired) electrons. The largest absolute Gasteiger partial charge is 0.481 e. The van der Waals surface area contributed by atoms with E-state index in [4.69, 9.17) is 21.3 Å². The Morgan fingerprint density at radius 3 is 2.70 bits per heavy atom. The Kier molecular flexibility index (Phi) is 4.39. The zero-order valence-electron chi connectivity index (χ0n) is 14.9. The third-order valence-corrected chi connectivity index (χ3v) is 5.28. The highest BCUT2D eigenvalue weighted by Gasteiger charge is 2.46. The lowest BCUT2D eigenvalue weighted by atomic mass is 9.89. The minimum absolute atomic E-state index is 0.0287. The molecule has 0 saturated carbocycles. The molecule has 7 nitrogen and oxygen atoms in total. The lowest BCUT2D eigenvalue weighted by Crippen LogP contribution is -2.49. The van der Waals surface area contributed by atoms with E-state index in [1.54, 1.807) is 12.1 Å². The number of non-ortho nitro benzene ring substituents is 1. The zero-order valence-corrected chi connectivity index (χ0v) is 15.7. The van der Waals surface area contributed by atoms with Crippen molar-refractivity contribution < 1.29 is 9.66 Å². The number of ether oxygens (including phenoxy) is 1. The Morgan fingerprint density at radius 2 is 2.04 bits per heavy atom. The van der Waals surface area contributed by atoms with Gasteiger partial charge in [-0.15, -0.1) is 0 Å². The molecule has 2 aliphatic rings. The van der Waals surface area contributed by atoms with Gasteiger partial charge in [0.25, 0.3) is 5.69 Å². The molecule has 0 bridgehead atoms. The van der Waals surface area contributed by atoms with Crippen molar-refractivity contribution in [3.05, 3.63) is 63.2 Å². The molecule has 0 aromatic heterocycles. The molecule has 0 amide bonds. The molecule has 4 rings (SSSR count). The fourth-order valence-electron chi connectivity index (χ4n) is 3.83. The number of likely N-dealkylation sites (N-methyl/N-ethyl adjacent to an activating group) is 1. The smallest absolute Gasteiger partial charge is 0.269 e. The van der Waals surface area contributed by atoms with Gasteiger partial charge in [0.2, 0.25) is 0 Å². The van der Waals surface area contributed by atoms with Gasteiger partial charge < -0.3 is 15.0 Å². The van der Waals surface area contributed by atoms with Crippen molar-refractivity contribution in [3.63, 3.8) is 0 Å². The van der Waals surface area contributed by atoms with Crippen LogP contribution in [0.3, 0.4) is 0 Å². The number of nitro benzene ring substituents is 1. The molecule has 0 fully saturated rings. The number of anilines is 2. The number of hydrogen-bond acceptors (Lipinski definition) is 6. The van der Waals surface area contributed by atoms with Gasteiger partial charge in [-0.05, 0) is 30.7 Å². The van der Waals surface area contributed by atoms with Crippen molar-refractivity contribution >= 4 is 34.6 Å². The molecule has 0 aliphatic carbocycles. The number of halogens is 1. The molecule has 0 unspecified atom stereocenters. The first-order valence-corrected chi connectivity index (χ1v) is 9.11. The van der Waals surface area contributed by atoms with Crippen LogP contribution >= 0.6 is 11.6 Å². The summed E-state index contributed by atoms with van der Waals surface area (Å²) in [5.74, 6) is 0.500. The van der Waals surface area contributed by atoms with Crippen molar-refractivity contribution in [1.29, 1.82) is 0 Å². The molecule has 140 valence electrons. The summed E-state index contributed by atoms with van der Waals surface area (Å²) in [4.78, 5) is 17.5. The third-order valence-electron chi connectivity index (χ3n) is 5.04. The van der Waals surface area contributed by atoms with E-state index in [1.807, 2.05) is 32.2 Å². The number of nitrogens with one attached hydrogen (secondary N) is 1. The van der Waals surface area contributed by atoms with Gasteiger partial charge in [0.15, 0.2) is 5.90 Å². The van der Waals surface area contributed by atoms with Crippen LogP contribution in [0.25, 0.3) is 0 Å². The normalized spacial score (nSPS) is 23.1. The van der Waals surface area contributed by atoms with Crippen LogP contribution in [-0.2, 0) is 4.74 Å². The summed E-state index contributed by atoms with van der Waals surface area (Å²) in [6.45, 7) is 2.42. The van der Waals surface area contributed by atoms with Crippen LogP contribution in [0.1, 0.15) is 18.4 Å². The van der Waals surface area contributed by atoms with Crippen molar-refractivity contribution in [2.45, 2.75) is 25.0 Å². The number of fused-ring (bicyclic) bond motifs is 2. The number of hydrogen-bond donors (Lipinski definition) is 1. The minimum Gasteiger partial charge on any atom is -0.481 e. The number of benzene rings is 2. The molecule has 0 saturated heterocycles. The number of nitrogens with zero attached hydrogens (tertiary/aromatic N) is 3. The van der Waals surface area contributed by atoms with Gasteiger partial charge in [-0.3, -0.25) is 10.1 Å². The highest BCUT2D eigenvalue weighted by Crippen LogP contribution is 2.43. The first-order valence-electron chi connectivity index (χ1n) is 8.73. The Bertz CT molecular complexity index is 916. The van der Waals surface area contributed by atoms with Crippen LogP contribution in [0.5, 0.6) is 0 Å². The third kappa shape index (κ3) is 2.98. The van der Waals surface area contributed by atoms with Gasteiger partial charge in [0.1, 0.15) is 6.17 Å². The molecule has 3 atom stereocenters. The van der Waals surface area contributed by atoms with Crippen LogP contribution in [0.2, 0.25) is 5.02 Å². The number of rotatable bonds is 3. The topological polar surface area (TPSA) is 80.0 Å². The second kappa shape index (κ2) is 6.74. The average Bonchev–Trinajstić information content (AvgIpc) is 3.01. The van der Waals surface area contributed by atoms with E-state index in [9.17, 15) is 10.1 Å². The zero-order chi connectivity index (χ0) is 19.1. The molecule has 27 heavy (non-hydrogen) atoms. The van der Waals surface area contributed by atoms with Crippen LogP contribution in [0.4, 0.5) is 17.1 Å². The quantitative estimate of drug-likeness (QED) is 0.636. The monoisotopic (exact) mass is 386 g/mol. The maximum Gasteiger partial charge on any atom is 0.269 e. The summed E-state index contributed by atoms with van der Waals surface area (Å²) < 4.78 is 5.83. The average molecular weight is 387 g/mol. The van der Waals surface area contributed by atoms with E-state index in [1.165, 1.54) is 12.1 Å². The predicted molar refractivity (Wildman–Crippen MR) is 106 cm³/mol. The Hall–Kier alpha value is -2.80. The van der Waals surface area contributed by atoms with E-state index >= 15 is 0 Å². The first kappa shape index (κ1) is 17.6. The van der Waals surface area contributed by atoms with Crippen LogP contribution < -0.4 is 10.2 Å². The minimum atomic E-state index is -0.398. The molecule has 2 aliphatic heterocycles.